The number of ketones is 1. The van der Waals surface area contributed by atoms with E-state index in [1.165, 1.54) is 24.3 Å². The predicted octanol–water partition coefficient (Wildman–Crippen LogP) is 1.60. The fourth-order valence-corrected chi connectivity index (χ4v) is 5.48. The van der Waals surface area contributed by atoms with E-state index in [0.717, 1.165) is 39.3 Å². The number of allylic oxidation sites excluding steroid dienone is 2. The minimum absolute atomic E-state index is 0.0587. The zero-order valence-electron chi connectivity index (χ0n) is 16.2. The number of thioether (sulfide) groups is 1. The summed E-state index contributed by atoms with van der Waals surface area (Å²) in [6, 6.07) is 0. The number of aliphatic hydroxyl groups is 2. The summed E-state index contributed by atoms with van der Waals surface area (Å²) in [5.74, 6) is 3.57. The monoisotopic (exact) mass is 395 g/mol. The van der Waals surface area contributed by atoms with Crippen molar-refractivity contribution in [3.05, 3.63) is 11.3 Å². The maximum atomic E-state index is 12.5. The summed E-state index contributed by atoms with van der Waals surface area (Å²) in [5.41, 5.74) is 0.434. The van der Waals surface area contributed by atoms with Crippen LogP contribution in [0.4, 0.5) is 0 Å². The number of Topliss-reactive ketones (excluding diaryl/α,β-unsaturated/α-hetero) is 1. The van der Waals surface area contributed by atoms with Crippen LogP contribution in [-0.4, -0.2) is 95.9 Å². The molecule has 0 aromatic heterocycles. The molecule has 3 aliphatic rings. The molecule has 6 nitrogen and oxygen atoms in total. The van der Waals surface area contributed by atoms with Crippen molar-refractivity contribution in [2.24, 2.45) is 16.8 Å². The van der Waals surface area contributed by atoms with Gasteiger partial charge in [0.05, 0.1) is 18.7 Å². The second-order valence-corrected chi connectivity index (χ2v) is 9.07. The molecule has 27 heavy (non-hydrogen) atoms. The van der Waals surface area contributed by atoms with E-state index in [4.69, 9.17) is 5.11 Å². The van der Waals surface area contributed by atoms with Crippen molar-refractivity contribution in [1.29, 1.82) is 0 Å². The van der Waals surface area contributed by atoms with E-state index in [1.54, 1.807) is 6.21 Å². The number of β-amino-alcohol motifs (C(OH)–C–C–N with tert-alkyl or cyclic N) is 1. The summed E-state index contributed by atoms with van der Waals surface area (Å²) < 4.78 is 0. The van der Waals surface area contributed by atoms with Crippen molar-refractivity contribution in [1.82, 2.24) is 9.80 Å². The lowest BCUT2D eigenvalue weighted by atomic mass is 9.77. The Balaban J connectivity index is 1.43. The highest BCUT2D eigenvalue weighted by Crippen LogP contribution is 2.37. The lowest BCUT2D eigenvalue weighted by Crippen LogP contribution is -2.47. The van der Waals surface area contributed by atoms with Crippen LogP contribution in [0.25, 0.3) is 0 Å². The van der Waals surface area contributed by atoms with Gasteiger partial charge in [0.25, 0.3) is 0 Å². The van der Waals surface area contributed by atoms with Crippen molar-refractivity contribution in [3.63, 3.8) is 0 Å². The Morgan fingerprint density at radius 2 is 1.70 bits per heavy atom. The van der Waals surface area contributed by atoms with Crippen molar-refractivity contribution in [3.8, 4) is 0 Å². The number of aliphatic imine (C=N–C) groups is 1. The molecule has 1 aliphatic carbocycles. The number of rotatable bonds is 7. The fraction of sp³-hybridized carbons (Fsp3) is 0.800. The third-order valence-corrected chi connectivity index (χ3v) is 7.14. The fourth-order valence-electron chi connectivity index (χ4n) is 4.34. The third kappa shape index (κ3) is 6.04. The summed E-state index contributed by atoms with van der Waals surface area (Å²) in [5, 5.41) is 19.4. The zero-order valence-corrected chi connectivity index (χ0v) is 17.0. The van der Waals surface area contributed by atoms with Crippen molar-refractivity contribution < 1.29 is 15.0 Å². The van der Waals surface area contributed by atoms with Crippen molar-refractivity contribution >= 4 is 23.8 Å². The second kappa shape index (κ2) is 10.6. The van der Waals surface area contributed by atoms with E-state index in [-0.39, 0.29) is 18.1 Å². The van der Waals surface area contributed by atoms with Crippen LogP contribution in [0.3, 0.4) is 0 Å². The van der Waals surface area contributed by atoms with Gasteiger partial charge in [0, 0.05) is 58.3 Å². The molecule has 3 rings (SSSR count). The molecule has 0 radical (unpaired) electrons. The van der Waals surface area contributed by atoms with E-state index in [1.807, 2.05) is 11.8 Å². The van der Waals surface area contributed by atoms with E-state index >= 15 is 0 Å². The first-order valence-corrected chi connectivity index (χ1v) is 11.4. The smallest absolute Gasteiger partial charge is 0.168 e. The Hall–Kier alpha value is -0.890. The number of piperazine rings is 1. The number of nitrogens with zero attached hydrogens (tertiary/aromatic N) is 3. The van der Waals surface area contributed by atoms with Gasteiger partial charge >= 0.3 is 0 Å². The van der Waals surface area contributed by atoms with Gasteiger partial charge in [-0.05, 0) is 36.2 Å². The molecular formula is C20H33N3O3S. The van der Waals surface area contributed by atoms with Gasteiger partial charge in [0.2, 0.25) is 0 Å². The van der Waals surface area contributed by atoms with Crippen LogP contribution < -0.4 is 0 Å². The highest BCUT2D eigenvalue weighted by Gasteiger charge is 2.32. The van der Waals surface area contributed by atoms with Gasteiger partial charge in [-0.25, -0.2) is 0 Å². The first-order valence-electron chi connectivity index (χ1n) is 10.3. The number of carbonyl (C=O) groups excluding carboxylic acids is 1. The molecule has 1 unspecified atom stereocenters. The topological polar surface area (TPSA) is 76.4 Å². The van der Waals surface area contributed by atoms with Gasteiger partial charge in [0.15, 0.2) is 5.78 Å². The molecule has 2 fully saturated rings. The van der Waals surface area contributed by atoms with E-state index in [9.17, 15) is 9.90 Å². The van der Waals surface area contributed by atoms with Gasteiger partial charge in [-0.2, -0.15) is 11.8 Å². The van der Waals surface area contributed by atoms with Crippen LogP contribution in [0.5, 0.6) is 0 Å². The van der Waals surface area contributed by atoms with Gasteiger partial charge in [-0.1, -0.05) is 0 Å². The average Bonchev–Trinajstić information content (AvgIpc) is 2.69. The maximum absolute atomic E-state index is 12.5. The summed E-state index contributed by atoms with van der Waals surface area (Å²) in [6.07, 6.45) is 5.14. The average molecular weight is 396 g/mol. The standard InChI is InChI=1S/C20H33N3O3S/c24-10-9-23-7-5-22(6-8-23)4-3-21-15-18-19(25)13-17(14-20(18)26)16-1-11-27-12-2-16/h15-17,24-25H,1-14H2. The molecule has 0 amide bonds. The Labute approximate surface area is 166 Å². The third-order valence-electron chi connectivity index (χ3n) is 6.09. The lowest BCUT2D eigenvalue weighted by molar-refractivity contribution is -0.117. The van der Waals surface area contributed by atoms with Gasteiger partial charge in [-0.3, -0.25) is 19.6 Å². The minimum Gasteiger partial charge on any atom is -0.511 e. The van der Waals surface area contributed by atoms with E-state index in [2.05, 4.69) is 14.8 Å². The minimum atomic E-state index is 0.0587. The molecule has 0 aromatic rings. The largest absolute Gasteiger partial charge is 0.511 e. The van der Waals surface area contributed by atoms with Crippen molar-refractivity contribution in [2.45, 2.75) is 25.7 Å². The summed E-state index contributed by atoms with van der Waals surface area (Å²) in [4.78, 5) is 21.6. The van der Waals surface area contributed by atoms with Crippen LogP contribution >= 0.6 is 11.8 Å². The Morgan fingerprint density at radius 3 is 2.33 bits per heavy atom. The molecule has 0 bridgehead atoms. The summed E-state index contributed by atoms with van der Waals surface area (Å²) >= 11 is 1.99. The lowest BCUT2D eigenvalue weighted by Gasteiger charge is -2.34. The van der Waals surface area contributed by atoms with Crippen LogP contribution in [-0.2, 0) is 4.79 Å². The van der Waals surface area contributed by atoms with Gasteiger partial charge < -0.3 is 10.2 Å². The van der Waals surface area contributed by atoms with Crippen LogP contribution in [0.15, 0.2) is 16.3 Å². The van der Waals surface area contributed by atoms with Gasteiger partial charge in [0.1, 0.15) is 5.76 Å². The Morgan fingerprint density at radius 1 is 1.04 bits per heavy atom. The summed E-state index contributed by atoms with van der Waals surface area (Å²) in [7, 11) is 0. The Kier molecular flexibility index (Phi) is 8.18. The van der Waals surface area contributed by atoms with E-state index in [0.29, 0.717) is 36.8 Å². The second-order valence-electron chi connectivity index (χ2n) is 7.84. The molecule has 2 N–H and O–H groups in total. The predicted molar refractivity (Wildman–Crippen MR) is 111 cm³/mol. The van der Waals surface area contributed by atoms with Crippen LogP contribution in [0.1, 0.15) is 25.7 Å². The molecular weight excluding hydrogens is 362 g/mol. The molecule has 7 heteroatoms. The zero-order chi connectivity index (χ0) is 19.1. The molecule has 2 aliphatic heterocycles. The number of carbonyl (C=O) groups is 1. The Bertz CT molecular complexity index is 553. The highest BCUT2D eigenvalue weighted by atomic mass is 32.2. The first-order chi connectivity index (χ1) is 13.2. The maximum Gasteiger partial charge on any atom is 0.168 e. The first kappa shape index (κ1) is 20.8. The summed E-state index contributed by atoms with van der Waals surface area (Å²) in [6.45, 7) is 6.43. The van der Waals surface area contributed by atoms with Crippen LogP contribution in [0, 0.1) is 11.8 Å². The molecule has 0 aromatic carbocycles. The molecule has 0 saturated carbocycles. The highest BCUT2D eigenvalue weighted by molar-refractivity contribution is 7.99. The van der Waals surface area contributed by atoms with Crippen LogP contribution in [0.2, 0.25) is 0 Å². The molecule has 1 atom stereocenters. The quantitative estimate of drug-likeness (QED) is 0.638. The molecule has 2 heterocycles. The normalized spacial score (nSPS) is 27.0. The number of aliphatic hydroxyl groups excluding tert-OH is 2. The van der Waals surface area contributed by atoms with E-state index < -0.39 is 0 Å². The SMILES string of the molecule is O=C1CC(C2CCSCC2)CC(O)=C1C=NCCN1CCN(CCO)CC1. The molecule has 2 saturated heterocycles. The van der Waals surface area contributed by atoms with Crippen molar-refractivity contribution in [2.75, 3.05) is 63.9 Å². The number of hydrogen-bond acceptors (Lipinski definition) is 7. The molecule has 152 valence electrons. The van der Waals surface area contributed by atoms with Gasteiger partial charge in [-0.15, -0.1) is 0 Å². The molecule has 0 spiro atoms. The number of hydrogen-bond donors (Lipinski definition) is 2.